The van der Waals surface area contributed by atoms with Crippen molar-refractivity contribution in [3.8, 4) is 0 Å². The second kappa shape index (κ2) is 10.6. The molecule has 1 fully saturated rings. The fourth-order valence-corrected chi connectivity index (χ4v) is 5.57. The summed E-state index contributed by atoms with van der Waals surface area (Å²) in [6.07, 6.45) is -3.55. The quantitative estimate of drug-likeness (QED) is 0.409. The van der Waals surface area contributed by atoms with Crippen LogP contribution in [0.3, 0.4) is 0 Å². The highest BCUT2D eigenvalue weighted by atomic mass is 32.2. The minimum atomic E-state index is -4.48. The van der Waals surface area contributed by atoms with Crippen molar-refractivity contribution in [2.75, 3.05) is 22.5 Å². The Bertz CT molecular complexity index is 1360. The Morgan fingerprint density at radius 3 is 1.89 bits per heavy atom. The highest BCUT2D eigenvalue weighted by Gasteiger charge is 2.39. The highest BCUT2D eigenvalue weighted by Crippen LogP contribution is 2.30. The maximum Gasteiger partial charge on any atom is 0.416 e. The molecule has 0 unspecified atom stereocenters. The molecule has 3 aromatic rings. The molecule has 37 heavy (non-hydrogen) atoms. The number of amides is 3. The van der Waals surface area contributed by atoms with Crippen LogP contribution in [-0.4, -0.2) is 37.2 Å². The third-order valence-corrected chi connectivity index (χ3v) is 7.66. The molecule has 1 saturated heterocycles. The number of sulfonamides is 1. The molecular formula is C25H23F3N4O4S. The van der Waals surface area contributed by atoms with E-state index in [0.717, 1.165) is 24.3 Å². The van der Waals surface area contributed by atoms with E-state index in [1.54, 1.807) is 30.3 Å². The number of hydrogen-bond donors (Lipinski definition) is 3. The molecule has 194 valence electrons. The van der Waals surface area contributed by atoms with Crippen molar-refractivity contribution in [3.63, 3.8) is 0 Å². The number of urea groups is 1. The van der Waals surface area contributed by atoms with Gasteiger partial charge in [-0.15, -0.1) is 0 Å². The fourth-order valence-electron chi connectivity index (χ4n) is 3.92. The van der Waals surface area contributed by atoms with Gasteiger partial charge < -0.3 is 16.0 Å². The first-order valence-corrected chi connectivity index (χ1v) is 12.7. The summed E-state index contributed by atoms with van der Waals surface area (Å²) in [5.41, 5.74) is 0.150. The van der Waals surface area contributed by atoms with Crippen molar-refractivity contribution in [2.45, 2.75) is 30.0 Å². The molecule has 0 spiro atoms. The van der Waals surface area contributed by atoms with E-state index in [0.29, 0.717) is 18.5 Å². The molecule has 3 N–H and O–H groups in total. The van der Waals surface area contributed by atoms with E-state index in [1.807, 2.05) is 0 Å². The average Bonchev–Trinajstić information content (AvgIpc) is 3.36. The van der Waals surface area contributed by atoms with E-state index < -0.39 is 39.7 Å². The topological polar surface area (TPSA) is 108 Å². The standard InChI is InChI=1S/C25H23F3N4O4S/c26-25(27,28)17-8-10-19(11-9-17)30-24(34)31-20-12-14-21(15-13-20)37(35,36)32-16-4-7-22(32)23(33)29-18-5-2-1-3-6-18/h1-3,5-6,8-15,22H,4,7,16H2,(H,29,33)(H2,30,31,34)/t22-/m1/s1. The average molecular weight is 533 g/mol. The van der Waals surface area contributed by atoms with Crippen molar-refractivity contribution in [3.05, 3.63) is 84.4 Å². The molecule has 0 bridgehead atoms. The third kappa shape index (κ3) is 6.27. The third-order valence-electron chi connectivity index (χ3n) is 5.74. The summed E-state index contributed by atoms with van der Waals surface area (Å²) in [7, 11) is -3.98. The first kappa shape index (κ1) is 26.2. The molecule has 1 aliphatic rings. The number of nitrogens with one attached hydrogen (secondary N) is 3. The zero-order valence-electron chi connectivity index (χ0n) is 19.3. The van der Waals surface area contributed by atoms with Crippen LogP contribution in [0.15, 0.2) is 83.8 Å². The van der Waals surface area contributed by atoms with Gasteiger partial charge in [-0.1, -0.05) is 18.2 Å². The predicted molar refractivity (Wildman–Crippen MR) is 133 cm³/mol. The monoisotopic (exact) mass is 532 g/mol. The van der Waals surface area contributed by atoms with Crippen LogP contribution in [0.1, 0.15) is 18.4 Å². The van der Waals surface area contributed by atoms with Gasteiger partial charge in [0, 0.05) is 23.6 Å². The minimum absolute atomic E-state index is 0.0411. The second-order valence-electron chi connectivity index (χ2n) is 8.31. The Balaban J connectivity index is 1.39. The van der Waals surface area contributed by atoms with Gasteiger partial charge in [0.25, 0.3) is 0 Å². The zero-order valence-corrected chi connectivity index (χ0v) is 20.1. The van der Waals surface area contributed by atoms with E-state index in [2.05, 4.69) is 16.0 Å². The van der Waals surface area contributed by atoms with Crippen LogP contribution in [0.2, 0.25) is 0 Å². The number of rotatable bonds is 6. The summed E-state index contributed by atoms with van der Waals surface area (Å²) >= 11 is 0. The van der Waals surface area contributed by atoms with Crippen LogP contribution in [0.25, 0.3) is 0 Å². The van der Waals surface area contributed by atoms with E-state index in [4.69, 9.17) is 0 Å². The van der Waals surface area contributed by atoms with Crippen molar-refractivity contribution >= 4 is 39.0 Å². The number of benzene rings is 3. The van der Waals surface area contributed by atoms with E-state index in [1.165, 1.54) is 28.6 Å². The smallest absolute Gasteiger partial charge is 0.325 e. The van der Waals surface area contributed by atoms with Crippen molar-refractivity contribution in [2.24, 2.45) is 0 Å². The molecule has 0 aromatic heterocycles. The van der Waals surface area contributed by atoms with E-state index >= 15 is 0 Å². The first-order valence-electron chi connectivity index (χ1n) is 11.3. The van der Waals surface area contributed by atoms with Crippen LogP contribution in [-0.2, 0) is 21.0 Å². The van der Waals surface area contributed by atoms with Crippen LogP contribution < -0.4 is 16.0 Å². The zero-order chi connectivity index (χ0) is 26.6. The lowest BCUT2D eigenvalue weighted by atomic mass is 10.2. The van der Waals surface area contributed by atoms with Crippen LogP contribution in [0.5, 0.6) is 0 Å². The summed E-state index contributed by atoms with van der Waals surface area (Å²) in [5, 5.41) is 7.64. The van der Waals surface area contributed by atoms with Gasteiger partial charge in [-0.25, -0.2) is 13.2 Å². The number of carbonyl (C=O) groups excluding carboxylic acids is 2. The lowest BCUT2D eigenvalue weighted by molar-refractivity contribution is -0.137. The number of carbonyl (C=O) groups is 2. The van der Waals surface area contributed by atoms with Gasteiger partial charge in [-0.05, 0) is 73.5 Å². The van der Waals surface area contributed by atoms with Gasteiger partial charge in [-0.3, -0.25) is 4.79 Å². The van der Waals surface area contributed by atoms with Crippen LogP contribution in [0, 0.1) is 0 Å². The van der Waals surface area contributed by atoms with Crippen molar-refractivity contribution < 1.29 is 31.2 Å². The number of para-hydroxylation sites is 1. The summed E-state index contributed by atoms with van der Waals surface area (Å²) in [4.78, 5) is 24.9. The Labute approximate surface area is 211 Å². The van der Waals surface area contributed by atoms with Gasteiger partial charge in [0.1, 0.15) is 6.04 Å². The van der Waals surface area contributed by atoms with Crippen LogP contribution >= 0.6 is 0 Å². The molecule has 0 radical (unpaired) electrons. The molecule has 0 aliphatic carbocycles. The normalized spacial score (nSPS) is 16.2. The molecule has 12 heteroatoms. The number of nitrogens with zero attached hydrogens (tertiary/aromatic N) is 1. The van der Waals surface area contributed by atoms with E-state index in [-0.39, 0.29) is 22.8 Å². The van der Waals surface area contributed by atoms with Gasteiger partial charge in [0.2, 0.25) is 15.9 Å². The summed E-state index contributed by atoms with van der Waals surface area (Å²) in [5.74, 6) is -0.412. The molecule has 0 saturated carbocycles. The molecule has 1 aliphatic heterocycles. The Morgan fingerprint density at radius 2 is 1.32 bits per heavy atom. The van der Waals surface area contributed by atoms with Crippen molar-refractivity contribution in [1.82, 2.24) is 4.31 Å². The van der Waals surface area contributed by atoms with Gasteiger partial charge in [0.15, 0.2) is 0 Å². The largest absolute Gasteiger partial charge is 0.416 e. The number of halogens is 3. The Hall–Kier alpha value is -3.90. The van der Waals surface area contributed by atoms with Gasteiger partial charge in [-0.2, -0.15) is 17.5 Å². The first-order chi connectivity index (χ1) is 17.5. The Morgan fingerprint density at radius 1 is 0.784 bits per heavy atom. The SMILES string of the molecule is O=C(Nc1ccc(C(F)(F)F)cc1)Nc1ccc(S(=O)(=O)N2CCC[C@@H]2C(=O)Nc2ccccc2)cc1. The molecule has 4 rings (SSSR count). The molecule has 1 heterocycles. The molecule has 3 aromatic carbocycles. The lowest BCUT2D eigenvalue weighted by Gasteiger charge is -2.23. The fraction of sp³-hybridized carbons (Fsp3) is 0.200. The number of alkyl halides is 3. The summed E-state index contributed by atoms with van der Waals surface area (Å²) < 4.78 is 65.7. The summed E-state index contributed by atoms with van der Waals surface area (Å²) in [6, 6.07) is 16.5. The molecule has 8 nitrogen and oxygen atoms in total. The molecule has 1 atom stereocenters. The number of hydrogen-bond acceptors (Lipinski definition) is 4. The molecular weight excluding hydrogens is 509 g/mol. The van der Waals surface area contributed by atoms with Gasteiger partial charge in [0.05, 0.1) is 10.5 Å². The van der Waals surface area contributed by atoms with Crippen molar-refractivity contribution in [1.29, 1.82) is 0 Å². The Kier molecular flexibility index (Phi) is 7.50. The minimum Gasteiger partial charge on any atom is -0.325 e. The van der Waals surface area contributed by atoms with E-state index in [9.17, 15) is 31.2 Å². The molecule has 3 amide bonds. The lowest BCUT2D eigenvalue weighted by Crippen LogP contribution is -2.43. The van der Waals surface area contributed by atoms with Crippen LogP contribution in [0.4, 0.5) is 35.0 Å². The maximum atomic E-state index is 13.2. The maximum absolute atomic E-state index is 13.2. The predicted octanol–water partition coefficient (Wildman–Crippen LogP) is 5.14. The second-order valence-corrected chi connectivity index (χ2v) is 10.2. The highest BCUT2D eigenvalue weighted by molar-refractivity contribution is 7.89. The summed E-state index contributed by atoms with van der Waals surface area (Å²) in [6.45, 7) is 0.199. The number of anilines is 3. The van der Waals surface area contributed by atoms with Gasteiger partial charge >= 0.3 is 12.2 Å².